The van der Waals surface area contributed by atoms with Crippen molar-refractivity contribution in [2.45, 2.75) is 37.5 Å². The van der Waals surface area contributed by atoms with Crippen LogP contribution in [-0.4, -0.2) is 31.7 Å². The molecule has 0 aliphatic carbocycles. The zero-order valence-corrected chi connectivity index (χ0v) is 17.0. The highest BCUT2D eigenvalue weighted by molar-refractivity contribution is 7.89. The fraction of sp³-hybridized carbons (Fsp3) is 0.381. The van der Waals surface area contributed by atoms with Gasteiger partial charge < -0.3 is 5.32 Å². The third-order valence-corrected chi connectivity index (χ3v) is 6.90. The number of carbonyl (C=O) groups excluding carboxylic acids is 1. The number of benzene rings is 2. The molecule has 0 bridgehead atoms. The summed E-state index contributed by atoms with van der Waals surface area (Å²) < 4.78 is 53.2. The fourth-order valence-electron chi connectivity index (χ4n) is 3.40. The average molecular weight is 422 g/mol. The highest BCUT2D eigenvalue weighted by Gasteiger charge is 2.28. The van der Waals surface area contributed by atoms with Crippen molar-refractivity contribution in [1.29, 1.82) is 0 Å². The van der Waals surface area contributed by atoms with E-state index < -0.39 is 21.7 Å². The summed E-state index contributed by atoms with van der Waals surface area (Å²) in [6, 6.07) is 9.62. The lowest BCUT2D eigenvalue weighted by Crippen LogP contribution is -2.39. The number of halogens is 2. The topological polar surface area (TPSA) is 66.5 Å². The van der Waals surface area contributed by atoms with E-state index in [4.69, 9.17) is 0 Å². The van der Waals surface area contributed by atoms with Gasteiger partial charge in [-0.3, -0.25) is 4.79 Å². The molecule has 1 unspecified atom stereocenters. The molecule has 1 amide bonds. The molecule has 1 N–H and O–H groups in total. The first-order valence-corrected chi connectivity index (χ1v) is 11.0. The van der Waals surface area contributed by atoms with Gasteiger partial charge in [0.15, 0.2) is 11.6 Å². The molecule has 1 saturated heterocycles. The number of hydrogen-bond acceptors (Lipinski definition) is 3. The molecule has 0 aromatic heterocycles. The second-order valence-electron chi connectivity index (χ2n) is 7.43. The van der Waals surface area contributed by atoms with Crippen molar-refractivity contribution in [3.05, 3.63) is 59.7 Å². The van der Waals surface area contributed by atoms with E-state index in [0.717, 1.165) is 25.0 Å². The molecule has 1 heterocycles. The Bertz CT molecular complexity index is 978. The second-order valence-corrected chi connectivity index (χ2v) is 9.37. The van der Waals surface area contributed by atoms with E-state index in [2.05, 4.69) is 5.32 Å². The molecule has 3 rings (SSSR count). The Labute approximate surface area is 169 Å². The van der Waals surface area contributed by atoms with Gasteiger partial charge in [0.25, 0.3) is 0 Å². The number of hydrogen-bond donors (Lipinski definition) is 1. The Morgan fingerprint density at radius 2 is 1.86 bits per heavy atom. The van der Waals surface area contributed by atoms with E-state index in [1.165, 1.54) is 22.5 Å². The smallest absolute Gasteiger partial charge is 0.243 e. The minimum atomic E-state index is -3.54. The maximum Gasteiger partial charge on any atom is 0.243 e. The monoisotopic (exact) mass is 422 g/mol. The van der Waals surface area contributed by atoms with Crippen molar-refractivity contribution in [2.24, 2.45) is 5.92 Å². The Balaban J connectivity index is 1.58. The molecular weight excluding hydrogens is 398 g/mol. The van der Waals surface area contributed by atoms with Crippen LogP contribution < -0.4 is 5.32 Å². The Kier molecular flexibility index (Phi) is 6.64. The molecule has 156 valence electrons. The lowest BCUT2D eigenvalue weighted by molar-refractivity contribution is -0.116. The zero-order valence-electron chi connectivity index (χ0n) is 16.2. The van der Waals surface area contributed by atoms with E-state index in [-0.39, 0.29) is 23.6 Å². The number of aryl methyl sites for hydroxylation is 1. The number of carbonyl (C=O) groups is 1. The summed E-state index contributed by atoms with van der Waals surface area (Å²) in [6.45, 7) is 3.08. The molecule has 29 heavy (non-hydrogen) atoms. The molecule has 2 aromatic carbocycles. The number of nitrogens with zero attached hydrogens (tertiary/aromatic N) is 1. The molecule has 2 aromatic rings. The number of sulfonamides is 1. The molecule has 1 aliphatic heterocycles. The van der Waals surface area contributed by atoms with Crippen molar-refractivity contribution >= 4 is 21.6 Å². The third-order valence-electron chi connectivity index (χ3n) is 5.02. The first kappa shape index (κ1) is 21.4. The Hall–Kier alpha value is -2.32. The van der Waals surface area contributed by atoms with Gasteiger partial charge in [0.2, 0.25) is 15.9 Å². The van der Waals surface area contributed by atoms with Crippen LogP contribution in [0, 0.1) is 17.6 Å². The van der Waals surface area contributed by atoms with Gasteiger partial charge in [-0.15, -0.1) is 0 Å². The van der Waals surface area contributed by atoms with Crippen LogP contribution in [0.25, 0.3) is 0 Å². The largest absolute Gasteiger partial charge is 0.326 e. The normalized spacial score (nSPS) is 17.8. The van der Waals surface area contributed by atoms with Crippen molar-refractivity contribution in [2.75, 3.05) is 18.4 Å². The first-order chi connectivity index (χ1) is 13.8. The van der Waals surface area contributed by atoms with Crippen LogP contribution in [0.1, 0.15) is 31.7 Å². The minimum absolute atomic E-state index is 0.0940. The maximum absolute atomic E-state index is 13.2. The molecule has 0 saturated carbocycles. The van der Waals surface area contributed by atoms with E-state index in [1.807, 2.05) is 6.92 Å². The van der Waals surface area contributed by atoms with E-state index in [9.17, 15) is 22.0 Å². The van der Waals surface area contributed by atoms with E-state index >= 15 is 0 Å². The van der Waals surface area contributed by atoms with Crippen LogP contribution in [-0.2, 0) is 21.2 Å². The lowest BCUT2D eigenvalue weighted by Gasteiger charge is -2.30. The summed E-state index contributed by atoms with van der Waals surface area (Å²) in [5.41, 5.74) is 1.00. The number of anilines is 1. The molecule has 0 spiro atoms. The van der Waals surface area contributed by atoms with Crippen molar-refractivity contribution in [3.8, 4) is 0 Å². The summed E-state index contributed by atoms with van der Waals surface area (Å²) >= 11 is 0. The summed E-state index contributed by atoms with van der Waals surface area (Å²) in [6.07, 6.45) is 2.24. The quantitative estimate of drug-likeness (QED) is 0.766. The van der Waals surface area contributed by atoms with Gasteiger partial charge in [-0.05, 0) is 67.1 Å². The molecule has 1 aliphatic rings. The fourth-order valence-corrected chi connectivity index (χ4v) is 5.00. The van der Waals surface area contributed by atoms with Gasteiger partial charge >= 0.3 is 0 Å². The average Bonchev–Trinajstić information content (AvgIpc) is 2.69. The Morgan fingerprint density at radius 3 is 2.52 bits per heavy atom. The molecule has 0 radical (unpaired) electrons. The van der Waals surface area contributed by atoms with Gasteiger partial charge in [0, 0.05) is 25.2 Å². The zero-order chi connectivity index (χ0) is 21.0. The highest BCUT2D eigenvalue weighted by atomic mass is 32.2. The molecule has 5 nitrogen and oxygen atoms in total. The maximum atomic E-state index is 13.2. The molecule has 1 atom stereocenters. The van der Waals surface area contributed by atoms with Crippen LogP contribution in [0.2, 0.25) is 0 Å². The number of amides is 1. The predicted octanol–water partition coefficient (Wildman–Crippen LogP) is 3.96. The van der Waals surface area contributed by atoms with Crippen LogP contribution >= 0.6 is 0 Å². The summed E-state index contributed by atoms with van der Waals surface area (Å²) in [5.74, 6) is -1.82. The van der Waals surface area contributed by atoms with E-state index in [1.54, 1.807) is 12.1 Å². The number of nitrogens with one attached hydrogen (secondary N) is 1. The third kappa shape index (κ3) is 5.39. The van der Waals surface area contributed by atoms with Gasteiger partial charge in [-0.1, -0.05) is 13.0 Å². The number of rotatable bonds is 6. The standard InChI is InChI=1S/C21H24F2N2O3S/c1-15-3-2-12-25(14-15)29(27,28)18-8-6-17(7-9-18)24-21(26)11-5-16-4-10-19(22)20(23)13-16/h4,6-10,13,15H,2-3,5,11-12,14H2,1H3,(H,24,26). The summed E-state index contributed by atoms with van der Waals surface area (Å²) in [7, 11) is -3.54. The highest BCUT2D eigenvalue weighted by Crippen LogP contribution is 2.24. The van der Waals surface area contributed by atoms with Crippen molar-refractivity contribution in [3.63, 3.8) is 0 Å². The molecule has 1 fully saturated rings. The predicted molar refractivity (Wildman–Crippen MR) is 107 cm³/mol. The van der Waals surface area contributed by atoms with Crippen LogP contribution in [0.4, 0.5) is 14.5 Å². The van der Waals surface area contributed by atoms with Crippen molar-refractivity contribution < 1.29 is 22.0 Å². The van der Waals surface area contributed by atoms with Crippen LogP contribution in [0.3, 0.4) is 0 Å². The second kappa shape index (κ2) is 9.00. The molecule has 8 heteroatoms. The SMILES string of the molecule is CC1CCCN(S(=O)(=O)c2ccc(NC(=O)CCc3ccc(F)c(F)c3)cc2)C1. The van der Waals surface area contributed by atoms with Gasteiger partial charge in [-0.2, -0.15) is 4.31 Å². The van der Waals surface area contributed by atoms with Gasteiger partial charge in [0.1, 0.15) is 0 Å². The molecular formula is C21H24F2N2O3S. The first-order valence-electron chi connectivity index (χ1n) is 9.59. The van der Waals surface area contributed by atoms with Crippen LogP contribution in [0.15, 0.2) is 47.4 Å². The van der Waals surface area contributed by atoms with E-state index in [0.29, 0.717) is 30.3 Å². The number of piperidine rings is 1. The van der Waals surface area contributed by atoms with Gasteiger partial charge in [-0.25, -0.2) is 17.2 Å². The summed E-state index contributed by atoms with van der Waals surface area (Å²) in [5, 5.41) is 2.69. The minimum Gasteiger partial charge on any atom is -0.326 e. The van der Waals surface area contributed by atoms with Crippen LogP contribution in [0.5, 0.6) is 0 Å². The van der Waals surface area contributed by atoms with Gasteiger partial charge in [0.05, 0.1) is 4.90 Å². The van der Waals surface area contributed by atoms with Crippen molar-refractivity contribution in [1.82, 2.24) is 4.31 Å². The Morgan fingerprint density at radius 1 is 1.14 bits per heavy atom. The lowest BCUT2D eigenvalue weighted by atomic mass is 10.0. The summed E-state index contributed by atoms with van der Waals surface area (Å²) in [4.78, 5) is 12.3.